The monoisotopic (exact) mass is 289 g/mol. The molecule has 3 nitrogen and oxygen atoms in total. The maximum atomic E-state index is 6.17. The number of aromatic nitrogens is 3. The molecule has 6 heteroatoms. The molecule has 90 valence electrons. The topological polar surface area (TPSA) is 30.7 Å². The summed E-state index contributed by atoms with van der Waals surface area (Å²) in [6, 6.07) is 5.36. The first-order valence-corrected chi connectivity index (χ1v) is 6.21. The first-order chi connectivity index (χ1) is 8.02. The predicted octanol–water partition coefficient (Wildman–Crippen LogP) is 4.35. The van der Waals surface area contributed by atoms with Crippen molar-refractivity contribution in [3.63, 3.8) is 0 Å². The Morgan fingerprint density at radius 2 is 1.82 bits per heavy atom. The number of rotatable bonds is 2. The first-order valence-electron chi connectivity index (χ1n) is 5.07. The molecule has 0 amide bonds. The Hall–Kier alpha value is -0.770. The molecule has 0 unspecified atom stereocenters. The van der Waals surface area contributed by atoms with Gasteiger partial charge in [-0.15, -0.1) is 10.2 Å². The molecule has 0 bridgehead atoms. The van der Waals surface area contributed by atoms with E-state index in [0.29, 0.717) is 15.7 Å². The summed E-state index contributed by atoms with van der Waals surface area (Å²) >= 11 is 18.2. The molecule has 0 fully saturated rings. The van der Waals surface area contributed by atoms with Crippen LogP contribution in [0.4, 0.5) is 0 Å². The molecule has 0 radical (unpaired) electrons. The largest absolute Gasteiger partial charge is 0.268 e. The third-order valence-electron chi connectivity index (χ3n) is 2.34. The van der Waals surface area contributed by atoms with Gasteiger partial charge >= 0.3 is 0 Å². The van der Waals surface area contributed by atoms with Crippen LogP contribution in [0.2, 0.25) is 15.3 Å². The summed E-state index contributed by atoms with van der Waals surface area (Å²) in [7, 11) is 0. The van der Waals surface area contributed by atoms with Gasteiger partial charge in [0.05, 0.1) is 15.7 Å². The molecule has 0 N–H and O–H groups in total. The zero-order valence-electron chi connectivity index (χ0n) is 9.28. The van der Waals surface area contributed by atoms with Crippen molar-refractivity contribution in [1.82, 2.24) is 14.8 Å². The summed E-state index contributed by atoms with van der Waals surface area (Å²) in [5.41, 5.74) is 0.692. The Bertz CT molecular complexity index is 549. The summed E-state index contributed by atoms with van der Waals surface area (Å²) in [5, 5.41) is 9.10. The van der Waals surface area contributed by atoms with Crippen LogP contribution in [0.5, 0.6) is 0 Å². The van der Waals surface area contributed by atoms with E-state index in [1.165, 1.54) is 0 Å². The minimum absolute atomic E-state index is 0.185. The van der Waals surface area contributed by atoms with Gasteiger partial charge in [0.2, 0.25) is 5.28 Å². The summed E-state index contributed by atoms with van der Waals surface area (Å²) in [5.74, 6) is 0.934. The van der Waals surface area contributed by atoms with Crippen LogP contribution in [0, 0.1) is 0 Å². The standard InChI is InChI=1S/C11H10Cl3N3/c1-6(2)10-15-16-11(14)17(10)8-5-3-4-7(12)9(8)13/h3-6H,1-2H3. The van der Waals surface area contributed by atoms with Gasteiger partial charge in [-0.05, 0) is 23.7 Å². The lowest BCUT2D eigenvalue weighted by molar-refractivity contribution is 0.746. The van der Waals surface area contributed by atoms with E-state index in [1.807, 2.05) is 26.0 Å². The lowest BCUT2D eigenvalue weighted by Gasteiger charge is -2.12. The molecule has 0 saturated carbocycles. The Morgan fingerprint density at radius 3 is 2.47 bits per heavy atom. The maximum Gasteiger partial charge on any atom is 0.229 e. The minimum Gasteiger partial charge on any atom is -0.268 e. The molecular formula is C11H10Cl3N3. The zero-order chi connectivity index (χ0) is 12.6. The molecule has 0 aliphatic carbocycles. The molecule has 2 aromatic rings. The Kier molecular flexibility index (Phi) is 3.61. The van der Waals surface area contributed by atoms with Gasteiger partial charge in [-0.3, -0.25) is 4.57 Å². The van der Waals surface area contributed by atoms with Gasteiger partial charge in [0.15, 0.2) is 0 Å². The molecule has 1 aromatic heterocycles. The van der Waals surface area contributed by atoms with E-state index < -0.39 is 0 Å². The van der Waals surface area contributed by atoms with E-state index in [9.17, 15) is 0 Å². The highest BCUT2D eigenvalue weighted by atomic mass is 35.5. The fraction of sp³-hybridized carbons (Fsp3) is 0.273. The highest BCUT2D eigenvalue weighted by molar-refractivity contribution is 6.43. The smallest absolute Gasteiger partial charge is 0.229 e. The summed E-state index contributed by atoms with van der Waals surface area (Å²) in [6.45, 7) is 4.02. The van der Waals surface area contributed by atoms with Gasteiger partial charge in [0.1, 0.15) is 5.82 Å². The first kappa shape index (κ1) is 12.7. The Labute approximate surface area is 114 Å². The third kappa shape index (κ3) is 2.28. The molecule has 1 heterocycles. The molecule has 0 atom stereocenters. The van der Waals surface area contributed by atoms with Gasteiger partial charge in [0, 0.05) is 5.92 Å². The van der Waals surface area contributed by atoms with Crippen molar-refractivity contribution in [2.75, 3.05) is 0 Å². The second-order valence-corrected chi connectivity index (χ2v) is 5.01. The number of benzene rings is 1. The number of nitrogens with zero attached hydrogens (tertiary/aromatic N) is 3. The fourth-order valence-corrected chi connectivity index (χ4v) is 2.13. The lowest BCUT2D eigenvalue weighted by Crippen LogP contribution is -2.04. The average molecular weight is 291 g/mol. The molecule has 1 aromatic carbocycles. The van der Waals surface area contributed by atoms with Crippen molar-refractivity contribution >= 4 is 34.8 Å². The molecule has 0 aliphatic rings. The average Bonchev–Trinajstić information content (AvgIpc) is 2.65. The van der Waals surface area contributed by atoms with Crippen LogP contribution in [0.15, 0.2) is 18.2 Å². The summed E-state index contributed by atoms with van der Waals surface area (Å²) < 4.78 is 1.71. The van der Waals surface area contributed by atoms with Gasteiger partial charge in [-0.2, -0.15) is 0 Å². The normalized spacial score (nSPS) is 11.2. The second kappa shape index (κ2) is 4.84. The maximum absolute atomic E-state index is 6.17. The van der Waals surface area contributed by atoms with E-state index in [0.717, 1.165) is 5.82 Å². The second-order valence-electron chi connectivity index (χ2n) is 3.89. The molecule has 0 aliphatic heterocycles. The Morgan fingerprint density at radius 1 is 1.12 bits per heavy atom. The van der Waals surface area contributed by atoms with Crippen molar-refractivity contribution in [3.8, 4) is 5.69 Å². The van der Waals surface area contributed by atoms with Crippen molar-refractivity contribution in [3.05, 3.63) is 39.4 Å². The van der Waals surface area contributed by atoms with Gasteiger partial charge < -0.3 is 0 Å². The summed E-state index contributed by atoms with van der Waals surface area (Å²) in [6.07, 6.45) is 0. The van der Waals surface area contributed by atoms with E-state index in [4.69, 9.17) is 34.8 Å². The van der Waals surface area contributed by atoms with Crippen LogP contribution in [-0.4, -0.2) is 14.8 Å². The van der Waals surface area contributed by atoms with Gasteiger partial charge in [-0.25, -0.2) is 0 Å². The van der Waals surface area contributed by atoms with Crippen LogP contribution < -0.4 is 0 Å². The van der Waals surface area contributed by atoms with Crippen LogP contribution in [0.25, 0.3) is 5.69 Å². The van der Waals surface area contributed by atoms with Crippen molar-refractivity contribution < 1.29 is 0 Å². The minimum atomic E-state index is 0.185. The van der Waals surface area contributed by atoms with Gasteiger partial charge in [-0.1, -0.05) is 43.1 Å². The Balaban J connectivity index is 2.68. The van der Waals surface area contributed by atoms with Crippen LogP contribution in [0.3, 0.4) is 0 Å². The van der Waals surface area contributed by atoms with Crippen molar-refractivity contribution in [2.24, 2.45) is 0 Å². The van der Waals surface area contributed by atoms with E-state index >= 15 is 0 Å². The molecule has 0 saturated heterocycles. The van der Waals surface area contributed by atoms with E-state index in [-0.39, 0.29) is 11.2 Å². The molecule has 17 heavy (non-hydrogen) atoms. The summed E-state index contributed by atoms with van der Waals surface area (Å²) in [4.78, 5) is 0. The number of hydrogen-bond acceptors (Lipinski definition) is 2. The molecule has 0 spiro atoms. The van der Waals surface area contributed by atoms with E-state index in [2.05, 4.69) is 10.2 Å². The highest BCUT2D eigenvalue weighted by Gasteiger charge is 2.17. The van der Waals surface area contributed by atoms with Crippen LogP contribution >= 0.6 is 34.8 Å². The van der Waals surface area contributed by atoms with Crippen molar-refractivity contribution in [2.45, 2.75) is 19.8 Å². The van der Waals surface area contributed by atoms with E-state index in [1.54, 1.807) is 10.6 Å². The quantitative estimate of drug-likeness (QED) is 0.823. The highest BCUT2D eigenvalue weighted by Crippen LogP contribution is 2.32. The number of hydrogen-bond donors (Lipinski definition) is 0. The van der Waals surface area contributed by atoms with Crippen molar-refractivity contribution in [1.29, 1.82) is 0 Å². The van der Waals surface area contributed by atoms with Crippen LogP contribution in [-0.2, 0) is 0 Å². The fourth-order valence-electron chi connectivity index (χ4n) is 1.54. The predicted molar refractivity (Wildman–Crippen MR) is 70.5 cm³/mol. The molecule has 2 rings (SSSR count). The zero-order valence-corrected chi connectivity index (χ0v) is 11.6. The number of halogens is 3. The third-order valence-corrected chi connectivity index (χ3v) is 3.39. The van der Waals surface area contributed by atoms with Crippen LogP contribution in [0.1, 0.15) is 25.6 Å². The molecular weight excluding hydrogens is 281 g/mol. The lowest BCUT2D eigenvalue weighted by atomic mass is 10.2. The SMILES string of the molecule is CC(C)c1nnc(Cl)n1-c1cccc(Cl)c1Cl. The van der Waals surface area contributed by atoms with Gasteiger partial charge in [0.25, 0.3) is 0 Å².